The van der Waals surface area contributed by atoms with Crippen LogP contribution in [0.5, 0.6) is 0 Å². The van der Waals surface area contributed by atoms with Crippen molar-refractivity contribution in [3.8, 4) is 16.6 Å². The van der Waals surface area contributed by atoms with Crippen molar-refractivity contribution in [2.75, 3.05) is 5.32 Å². The largest absolute Gasteiger partial charge is 0.321 e. The molecule has 0 fully saturated rings. The maximum absolute atomic E-state index is 13.8. The first-order valence-electron chi connectivity index (χ1n) is 6.80. The van der Waals surface area contributed by atoms with Crippen molar-refractivity contribution in [3.63, 3.8) is 0 Å². The molecule has 7 heteroatoms. The summed E-state index contributed by atoms with van der Waals surface area (Å²) >= 11 is 1.14. The molecule has 0 aliphatic heterocycles. The summed E-state index contributed by atoms with van der Waals surface area (Å²) in [6.07, 6.45) is 0. The van der Waals surface area contributed by atoms with E-state index in [0.717, 1.165) is 17.4 Å². The fourth-order valence-electron chi connectivity index (χ4n) is 2.02. The molecule has 0 radical (unpaired) electrons. The van der Waals surface area contributed by atoms with Crippen LogP contribution in [0, 0.1) is 23.0 Å². The van der Waals surface area contributed by atoms with Gasteiger partial charge in [-0.3, -0.25) is 4.79 Å². The van der Waals surface area contributed by atoms with Gasteiger partial charge in [-0.1, -0.05) is 12.1 Å². The molecule has 1 aromatic heterocycles. The zero-order valence-corrected chi connectivity index (χ0v) is 12.9. The van der Waals surface area contributed by atoms with Gasteiger partial charge >= 0.3 is 0 Å². The predicted molar refractivity (Wildman–Crippen MR) is 86.6 cm³/mol. The van der Waals surface area contributed by atoms with Crippen LogP contribution in [0.2, 0.25) is 0 Å². The highest BCUT2D eigenvalue weighted by atomic mass is 32.1. The lowest BCUT2D eigenvalue weighted by Gasteiger charge is -2.04. The number of carbonyl (C=O) groups is 1. The number of thiazole rings is 1. The summed E-state index contributed by atoms with van der Waals surface area (Å²) in [5, 5.41) is 13.2. The summed E-state index contributed by atoms with van der Waals surface area (Å²) < 4.78 is 27.0. The van der Waals surface area contributed by atoms with Crippen LogP contribution in [0.15, 0.2) is 47.8 Å². The summed E-state index contributed by atoms with van der Waals surface area (Å²) in [6, 6.07) is 11.5. The highest BCUT2D eigenvalue weighted by molar-refractivity contribution is 7.13. The van der Waals surface area contributed by atoms with Crippen LogP contribution in [-0.2, 0) is 0 Å². The summed E-state index contributed by atoms with van der Waals surface area (Å²) in [5.74, 6) is -1.61. The van der Waals surface area contributed by atoms with Crippen molar-refractivity contribution in [1.82, 2.24) is 4.98 Å². The van der Waals surface area contributed by atoms with E-state index in [4.69, 9.17) is 5.26 Å². The SMILES string of the molecule is N#Cc1cc(NC(=O)c2csc(-c3ccccc3F)n2)ccc1F. The minimum absolute atomic E-state index is 0.112. The molecule has 1 heterocycles. The lowest BCUT2D eigenvalue weighted by molar-refractivity contribution is 0.102. The Balaban J connectivity index is 1.82. The number of amides is 1. The van der Waals surface area contributed by atoms with Crippen molar-refractivity contribution in [3.05, 3.63) is 70.7 Å². The van der Waals surface area contributed by atoms with Crippen LogP contribution >= 0.6 is 11.3 Å². The van der Waals surface area contributed by atoms with E-state index in [1.807, 2.05) is 0 Å². The molecule has 0 spiro atoms. The molecular formula is C17H9F2N3OS. The minimum atomic E-state index is -0.661. The van der Waals surface area contributed by atoms with Gasteiger partial charge in [0.1, 0.15) is 28.4 Å². The summed E-state index contributed by atoms with van der Waals surface area (Å²) in [6.45, 7) is 0. The van der Waals surface area contributed by atoms with Crippen LogP contribution in [0.1, 0.15) is 16.1 Å². The molecule has 0 saturated heterocycles. The second-order valence-electron chi connectivity index (χ2n) is 4.78. The van der Waals surface area contributed by atoms with E-state index in [1.165, 1.54) is 23.6 Å². The number of nitrogens with one attached hydrogen (secondary N) is 1. The molecule has 0 unspecified atom stereocenters. The Hall–Kier alpha value is -3.11. The molecule has 0 aliphatic rings. The molecule has 3 aromatic rings. The number of rotatable bonds is 3. The highest BCUT2D eigenvalue weighted by Crippen LogP contribution is 2.26. The monoisotopic (exact) mass is 341 g/mol. The number of nitrogens with zero attached hydrogens (tertiary/aromatic N) is 2. The summed E-state index contributed by atoms with van der Waals surface area (Å²) in [4.78, 5) is 16.3. The third kappa shape index (κ3) is 3.14. The Morgan fingerprint density at radius 2 is 1.96 bits per heavy atom. The van der Waals surface area contributed by atoms with Crippen LogP contribution in [0.4, 0.5) is 14.5 Å². The van der Waals surface area contributed by atoms with Crippen molar-refractivity contribution in [2.24, 2.45) is 0 Å². The highest BCUT2D eigenvalue weighted by Gasteiger charge is 2.14. The lowest BCUT2D eigenvalue weighted by Crippen LogP contribution is -2.12. The van der Waals surface area contributed by atoms with Gasteiger partial charge in [-0.15, -0.1) is 11.3 Å². The van der Waals surface area contributed by atoms with Gasteiger partial charge in [0.05, 0.1) is 5.56 Å². The Bertz CT molecular complexity index is 962. The number of hydrogen-bond donors (Lipinski definition) is 1. The van der Waals surface area contributed by atoms with E-state index in [0.29, 0.717) is 10.6 Å². The molecule has 2 aromatic carbocycles. The van der Waals surface area contributed by atoms with Gasteiger partial charge in [0.25, 0.3) is 5.91 Å². The number of aromatic nitrogens is 1. The fraction of sp³-hybridized carbons (Fsp3) is 0. The average Bonchev–Trinajstić information content (AvgIpc) is 3.07. The van der Waals surface area contributed by atoms with E-state index < -0.39 is 17.5 Å². The standard InChI is InChI=1S/C17H9F2N3OS/c18-13-6-5-11(7-10(13)8-20)21-16(23)15-9-24-17(22-15)12-3-1-2-4-14(12)19/h1-7,9H,(H,21,23). The molecule has 0 aliphatic carbocycles. The molecule has 4 nitrogen and oxygen atoms in total. The van der Waals surface area contributed by atoms with E-state index in [-0.39, 0.29) is 16.9 Å². The van der Waals surface area contributed by atoms with E-state index >= 15 is 0 Å². The van der Waals surface area contributed by atoms with Crippen LogP contribution in [0.3, 0.4) is 0 Å². The predicted octanol–water partition coefficient (Wildman–Crippen LogP) is 4.21. The molecule has 1 N–H and O–H groups in total. The van der Waals surface area contributed by atoms with Crippen LogP contribution < -0.4 is 5.32 Å². The van der Waals surface area contributed by atoms with E-state index in [9.17, 15) is 13.6 Å². The van der Waals surface area contributed by atoms with Gasteiger partial charge in [-0.2, -0.15) is 5.26 Å². The fourth-order valence-corrected chi connectivity index (χ4v) is 2.85. The molecule has 3 rings (SSSR count). The molecule has 118 valence electrons. The van der Waals surface area contributed by atoms with E-state index in [2.05, 4.69) is 10.3 Å². The first-order valence-corrected chi connectivity index (χ1v) is 7.68. The van der Waals surface area contributed by atoms with E-state index in [1.54, 1.807) is 24.3 Å². The topological polar surface area (TPSA) is 65.8 Å². The first-order chi connectivity index (χ1) is 11.6. The number of benzene rings is 2. The van der Waals surface area contributed by atoms with Gasteiger partial charge in [0.2, 0.25) is 0 Å². The molecule has 0 atom stereocenters. The smallest absolute Gasteiger partial charge is 0.275 e. The maximum Gasteiger partial charge on any atom is 0.275 e. The molecule has 1 amide bonds. The quantitative estimate of drug-likeness (QED) is 0.776. The van der Waals surface area contributed by atoms with Crippen molar-refractivity contribution in [1.29, 1.82) is 5.26 Å². The van der Waals surface area contributed by atoms with Gasteiger partial charge < -0.3 is 5.32 Å². The maximum atomic E-state index is 13.8. The molecule has 0 bridgehead atoms. The average molecular weight is 341 g/mol. The summed E-state index contributed by atoms with van der Waals surface area (Å²) in [5.41, 5.74) is 0.535. The number of nitriles is 1. The Morgan fingerprint density at radius 3 is 2.71 bits per heavy atom. The number of hydrogen-bond acceptors (Lipinski definition) is 4. The van der Waals surface area contributed by atoms with Crippen LogP contribution in [0.25, 0.3) is 10.6 Å². The number of carbonyl (C=O) groups excluding carboxylic acids is 1. The third-order valence-electron chi connectivity index (χ3n) is 3.19. The number of halogens is 2. The van der Waals surface area contributed by atoms with Gasteiger partial charge in [0, 0.05) is 16.6 Å². The zero-order chi connectivity index (χ0) is 17.1. The van der Waals surface area contributed by atoms with Gasteiger partial charge in [-0.25, -0.2) is 13.8 Å². The second-order valence-corrected chi connectivity index (χ2v) is 5.64. The molecule has 24 heavy (non-hydrogen) atoms. The summed E-state index contributed by atoms with van der Waals surface area (Å²) in [7, 11) is 0. The first kappa shape index (κ1) is 15.8. The van der Waals surface area contributed by atoms with Gasteiger partial charge in [-0.05, 0) is 30.3 Å². The second kappa shape index (κ2) is 6.56. The van der Waals surface area contributed by atoms with Crippen molar-refractivity contribution < 1.29 is 13.6 Å². The van der Waals surface area contributed by atoms with Gasteiger partial charge in [0.15, 0.2) is 0 Å². The molecular weight excluding hydrogens is 332 g/mol. The normalized spacial score (nSPS) is 10.2. The van der Waals surface area contributed by atoms with Crippen LogP contribution in [-0.4, -0.2) is 10.9 Å². The third-order valence-corrected chi connectivity index (χ3v) is 4.06. The number of anilines is 1. The zero-order valence-electron chi connectivity index (χ0n) is 12.1. The Morgan fingerprint density at radius 1 is 1.17 bits per heavy atom. The molecule has 0 saturated carbocycles. The van der Waals surface area contributed by atoms with Crippen molar-refractivity contribution >= 4 is 22.9 Å². The Labute approximate surface area is 140 Å². The minimum Gasteiger partial charge on any atom is -0.321 e. The van der Waals surface area contributed by atoms with Crippen molar-refractivity contribution in [2.45, 2.75) is 0 Å². The Kier molecular flexibility index (Phi) is 4.31. The lowest BCUT2D eigenvalue weighted by atomic mass is 10.2.